The van der Waals surface area contributed by atoms with Gasteiger partial charge in [0, 0.05) is 30.4 Å². The van der Waals surface area contributed by atoms with E-state index in [1.807, 2.05) is 24.4 Å². The van der Waals surface area contributed by atoms with Crippen molar-refractivity contribution in [2.75, 3.05) is 5.32 Å². The van der Waals surface area contributed by atoms with E-state index in [1.54, 1.807) is 37.2 Å². The second kappa shape index (κ2) is 6.76. The van der Waals surface area contributed by atoms with Gasteiger partial charge in [-0.25, -0.2) is 4.98 Å². The van der Waals surface area contributed by atoms with E-state index in [9.17, 15) is 4.79 Å². The number of anilines is 1. The summed E-state index contributed by atoms with van der Waals surface area (Å²) in [6, 6.07) is 3.85. The number of nitrogens with zero attached hydrogens (tertiary/aromatic N) is 5. The van der Waals surface area contributed by atoms with Crippen LogP contribution in [0.25, 0.3) is 22.6 Å². The van der Waals surface area contributed by atoms with Gasteiger partial charge in [0.25, 0.3) is 5.91 Å². The predicted molar refractivity (Wildman–Crippen MR) is 101 cm³/mol. The molecule has 136 valence electrons. The SMILES string of the molecule is Cc1cccnc1-c1csc(NC(=O)c2c(-c3cnn(C)c3)noc2C)n1. The monoisotopic (exact) mass is 380 g/mol. The summed E-state index contributed by atoms with van der Waals surface area (Å²) in [5.41, 5.74) is 4.08. The number of thiazole rings is 1. The van der Waals surface area contributed by atoms with Gasteiger partial charge in [0.1, 0.15) is 22.7 Å². The first kappa shape index (κ1) is 17.1. The number of aryl methyl sites for hydroxylation is 3. The number of pyridine rings is 1. The Morgan fingerprint density at radius 2 is 2.15 bits per heavy atom. The molecule has 0 aromatic carbocycles. The van der Waals surface area contributed by atoms with Crippen LogP contribution in [0.15, 0.2) is 40.6 Å². The van der Waals surface area contributed by atoms with Gasteiger partial charge in [-0.05, 0) is 25.5 Å². The van der Waals surface area contributed by atoms with Crippen LogP contribution in [-0.4, -0.2) is 30.8 Å². The van der Waals surface area contributed by atoms with Crippen molar-refractivity contribution in [3.05, 3.63) is 53.0 Å². The summed E-state index contributed by atoms with van der Waals surface area (Å²) in [4.78, 5) is 21.7. The average Bonchev–Trinajstić information content (AvgIpc) is 3.35. The highest BCUT2D eigenvalue weighted by Crippen LogP contribution is 2.28. The molecule has 9 heteroatoms. The van der Waals surface area contributed by atoms with Crippen LogP contribution in [0.1, 0.15) is 21.7 Å². The van der Waals surface area contributed by atoms with E-state index in [0.29, 0.717) is 27.7 Å². The van der Waals surface area contributed by atoms with Crippen molar-refractivity contribution in [1.82, 2.24) is 24.9 Å². The molecule has 0 atom stereocenters. The summed E-state index contributed by atoms with van der Waals surface area (Å²) >= 11 is 1.34. The minimum Gasteiger partial charge on any atom is -0.360 e. The number of carbonyl (C=O) groups is 1. The van der Waals surface area contributed by atoms with E-state index in [4.69, 9.17) is 4.52 Å². The van der Waals surface area contributed by atoms with Crippen molar-refractivity contribution in [3.63, 3.8) is 0 Å². The Bertz CT molecular complexity index is 1130. The fraction of sp³-hybridized carbons (Fsp3) is 0.167. The molecule has 0 spiro atoms. The van der Waals surface area contributed by atoms with Crippen molar-refractivity contribution < 1.29 is 9.32 Å². The van der Waals surface area contributed by atoms with Gasteiger partial charge in [0.2, 0.25) is 0 Å². The lowest BCUT2D eigenvalue weighted by Gasteiger charge is -2.02. The van der Waals surface area contributed by atoms with Gasteiger partial charge in [-0.3, -0.25) is 19.8 Å². The highest BCUT2D eigenvalue weighted by molar-refractivity contribution is 7.14. The molecule has 0 aliphatic rings. The number of rotatable bonds is 4. The van der Waals surface area contributed by atoms with Crippen molar-refractivity contribution in [1.29, 1.82) is 0 Å². The first-order valence-corrected chi connectivity index (χ1v) is 9.05. The second-order valence-corrected chi connectivity index (χ2v) is 6.88. The van der Waals surface area contributed by atoms with E-state index in [-0.39, 0.29) is 5.91 Å². The number of carbonyl (C=O) groups excluding carboxylic acids is 1. The van der Waals surface area contributed by atoms with E-state index >= 15 is 0 Å². The molecule has 0 fully saturated rings. The molecule has 27 heavy (non-hydrogen) atoms. The van der Waals surface area contributed by atoms with Gasteiger partial charge in [-0.1, -0.05) is 11.2 Å². The van der Waals surface area contributed by atoms with E-state index < -0.39 is 0 Å². The molecule has 0 unspecified atom stereocenters. The largest absolute Gasteiger partial charge is 0.360 e. The van der Waals surface area contributed by atoms with Crippen LogP contribution in [0, 0.1) is 13.8 Å². The Labute approximate surface area is 158 Å². The molecular weight excluding hydrogens is 364 g/mol. The van der Waals surface area contributed by atoms with Crippen LogP contribution in [-0.2, 0) is 7.05 Å². The van der Waals surface area contributed by atoms with Crippen molar-refractivity contribution >= 4 is 22.4 Å². The maximum absolute atomic E-state index is 12.8. The zero-order valence-electron chi connectivity index (χ0n) is 14.9. The summed E-state index contributed by atoms with van der Waals surface area (Å²) in [6.45, 7) is 3.67. The zero-order valence-corrected chi connectivity index (χ0v) is 15.7. The molecule has 0 saturated carbocycles. The fourth-order valence-corrected chi connectivity index (χ4v) is 3.42. The number of amides is 1. The first-order chi connectivity index (χ1) is 13.0. The molecule has 0 saturated heterocycles. The van der Waals surface area contributed by atoms with Crippen LogP contribution < -0.4 is 5.32 Å². The first-order valence-electron chi connectivity index (χ1n) is 8.17. The molecule has 1 N–H and O–H groups in total. The molecule has 0 radical (unpaired) electrons. The lowest BCUT2D eigenvalue weighted by Crippen LogP contribution is -2.13. The Kier molecular flexibility index (Phi) is 4.28. The van der Waals surface area contributed by atoms with Gasteiger partial charge in [-0.15, -0.1) is 11.3 Å². The Balaban J connectivity index is 1.61. The van der Waals surface area contributed by atoms with Gasteiger partial charge in [0.05, 0.1) is 11.9 Å². The van der Waals surface area contributed by atoms with Crippen LogP contribution in [0.4, 0.5) is 5.13 Å². The molecule has 4 rings (SSSR count). The molecule has 0 bridgehead atoms. The fourth-order valence-electron chi connectivity index (χ4n) is 2.73. The highest BCUT2D eigenvalue weighted by atomic mass is 32.1. The lowest BCUT2D eigenvalue weighted by molar-refractivity contribution is 0.102. The number of aromatic nitrogens is 5. The third-order valence-corrected chi connectivity index (χ3v) is 4.80. The maximum atomic E-state index is 12.8. The Morgan fingerprint density at radius 3 is 2.89 bits per heavy atom. The van der Waals surface area contributed by atoms with Crippen LogP contribution in [0.3, 0.4) is 0 Å². The average molecular weight is 380 g/mol. The van der Waals surface area contributed by atoms with Gasteiger partial charge in [0.15, 0.2) is 5.13 Å². The van der Waals surface area contributed by atoms with E-state index in [2.05, 4.69) is 25.5 Å². The van der Waals surface area contributed by atoms with Crippen LogP contribution >= 0.6 is 11.3 Å². The lowest BCUT2D eigenvalue weighted by atomic mass is 10.1. The highest BCUT2D eigenvalue weighted by Gasteiger charge is 2.23. The molecular formula is C18H16N6O2S. The molecule has 1 amide bonds. The van der Waals surface area contributed by atoms with E-state index in [0.717, 1.165) is 17.0 Å². The minimum atomic E-state index is -0.328. The third kappa shape index (κ3) is 3.24. The van der Waals surface area contributed by atoms with Crippen molar-refractivity contribution in [3.8, 4) is 22.6 Å². The predicted octanol–water partition coefficient (Wildman–Crippen LogP) is 3.46. The Hall–Kier alpha value is -3.33. The molecule has 4 heterocycles. The van der Waals surface area contributed by atoms with Crippen LogP contribution in [0.2, 0.25) is 0 Å². The zero-order chi connectivity index (χ0) is 19.0. The summed E-state index contributed by atoms with van der Waals surface area (Å²) in [5, 5.41) is 13.3. The standard InChI is InChI=1S/C18H16N6O2S/c1-10-5-4-6-19-15(10)13-9-27-18(21-13)22-17(25)14-11(2)26-23-16(14)12-7-20-24(3)8-12/h4-9H,1-3H3,(H,21,22,25). The Morgan fingerprint density at radius 1 is 1.30 bits per heavy atom. The maximum Gasteiger partial charge on any atom is 0.263 e. The van der Waals surface area contributed by atoms with Gasteiger partial charge in [-0.2, -0.15) is 5.10 Å². The second-order valence-electron chi connectivity index (χ2n) is 6.03. The summed E-state index contributed by atoms with van der Waals surface area (Å²) in [7, 11) is 1.80. The summed E-state index contributed by atoms with van der Waals surface area (Å²) in [5.74, 6) is 0.106. The van der Waals surface area contributed by atoms with Crippen molar-refractivity contribution in [2.45, 2.75) is 13.8 Å². The normalized spacial score (nSPS) is 10.9. The third-order valence-electron chi connectivity index (χ3n) is 4.04. The molecule has 4 aromatic rings. The molecule has 0 aliphatic heterocycles. The summed E-state index contributed by atoms with van der Waals surface area (Å²) in [6.07, 6.45) is 5.14. The quantitative estimate of drug-likeness (QED) is 0.582. The number of hydrogen-bond donors (Lipinski definition) is 1. The smallest absolute Gasteiger partial charge is 0.263 e. The number of nitrogens with one attached hydrogen (secondary N) is 1. The molecule has 0 aliphatic carbocycles. The topological polar surface area (TPSA) is 98.7 Å². The van der Waals surface area contributed by atoms with Crippen LogP contribution in [0.5, 0.6) is 0 Å². The minimum absolute atomic E-state index is 0.328. The van der Waals surface area contributed by atoms with Gasteiger partial charge >= 0.3 is 0 Å². The van der Waals surface area contributed by atoms with Gasteiger partial charge < -0.3 is 4.52 Å². The number of hydrogen-bond acceptors (Lipinski definition) is 7. The van der Waals surface area contributed by atoms with Crippen molar-refractivity contribution in [2.24, 2.45) is 7.05 Å². The summed E-state index contributed by atoms with van der Waals surface area (Å²) < 4.78 is 6.88. The molecule has 8 nitrogen and oxygen atoms in total. The van der Waals surface area contributed by atoms with E-state index in [1.165, 1.54) is 11.3 Å². The molecule has 4 aromatic heterocycles.